The molecule has 0 fully saturated rings. The van der Waals surface area contributed by atoms with Gasteiger partial charge in [0.05, 0.1) is 6.54 Å². The number of carbonyl (C=O) groups is 2. The number of rotatable bonds is 3. The monoisotopic (exact) mass is 261 g/mol. The Morgan fingerprint density at radius 2 is 2.11 bits per heavy atom. The van der Waals surface area contributed by atoms with E-state index in [9.17, 15) is 14.7 Å². The number of fused-ring (bicyclic) bond motifs is 1. The summed E-state index contributed by atoms with van der Waals surface area (Å²) in [6, 6.07) is 6.63. The van der Waals surface area contributed by atoms with Gasteiger partial charge >= 0.3 is 12.1 Å². The van der Waals surface area contributed by atoms with Gasteiger partial charge < -0.3 is 9.84 Å². The molecule has 5 heteroatoms. The van der Waals surface area contributed by atoms with Crippen molar-refractivity contribution in [3.63, 3.8) is 0 Å². The van der Waals surface area contributed by atoms with E-state index in [0.717, 1.165) is 11.1 Å². The van der Waals surface area contributed by atoms with Crippen LogP contribution in [0.4, 0.5) is 4.79 Å². The predicted octanol–water partition coefficient (Wildman–Crippen LogP) is 1.82. The number of hydrogen-bond donors (Lipinski definition) is 1. The highest BCUT2D eigenvalue weighted by Crippen LogP contribution is 2.24. The lowest BCUT2D eigenvalue weighted by Crippen LogP contribution is -2.48. The van der Waals surface area contributed by atoms with Crippen LogP contribution in [0.5, 0.6) is 0 Å². The summed E-state index contributed by atoms with van der Waals surface area (Å²) in [4.78, 5) is 24.4. The molecule has 0 radical (unpaired) electrons. The summed E-state index contributed by atoms with van der Waals surface area (Å²) in [5, 5.41) is 9.24. The molecule has 0 aliphatic carbocycles. The first-order valence-corrected chi connectivity index (χ1v) is 5.97. The van der Waals surface area contributed by atoms with Crippen LogP contribution in [0.3, 0.4) is 0 Å². The molecule has 0 saturated heterocycles. The van der Waals surface area contributed by atoms with Crippen molar-refractivity contribution in [2.45, 2.75) is 19.0 Å². The van der Waals surface area contributed by atoms with Gasteiger partial charge in [-0.15, -0.1) is 0 Å². The Bertz CT molecular complexity index is 512. The maximum absolute atomic E-state index is 11.9. The lowest BCUT2D eigenvalue weighted by molar-refractivity contribution is -0.143. The van der Waals surface area contributed by atoms with Crippen LogP contribution in [-0.2, 0) is 22.5 Å². The highest BCUT2D eigenvalue weighted by molar-refractivity contribution is 5.81. The molecule has 1 aromatic rings. The molecule has 1 atom stereocenters. The number of nitrogens with zero attached hydrogens (tertiary/aromatic N) is 1. The lowest BCUT2D eigenvalue weighted by Gasteiger charge is -2.33. The van der Waals surface area contributed by atoms with Crippen LogP contribution in [0.2, 0.25) is 0 Å². The van der Waals surface area contributed by atoms with Gasteiger partial charge in [-0.1, -0.05) is 36.9 Å². The van der Waals surface area contributed by atoms with Crippen LogP contribution in [-0.4, -0.2) is 34.7 Å². The molecule has 0 unspecified atom stereocenters. The van der Waals surface area contributed by atoms with E-state index in [1.165, 1.54) is 11.0 Å². The zero-order valence-electron chi connectivity index (χ0n) is 10.4. The predicted molar refractivity (Wildman–Crippen MR) is 68.7 cm³/mol. The zero-order chi connectivity index (χ0) is 13.8. The van der Waals surface area contributed by atoms with E-state index in [4.69, 9.17) is 4.74 Å². The van der Waals surface area contributed by atoms with Gasteiger partial charge in [-0.2, -0.15) is 0 Å². The van der Waals surface area contributed by atoms with E-state index in [1.54, 1.807) is 0 Å². The molecule has 0 saturated carbocycles. The summed E-state index contributed by atoms with van der Waals surface area (Å²) < 4.78 is 4.93. The number of hydrogen-bond acceptors (Lipinski definition) is 3. The van der Waals surface area contributed by atoms with E-state index < -0.39 is 18.1 Å². The fraction of sp³-hybridized carbons (Fsp3) is 0.286. The highest BCUT2D eigenvalue weighted by atomic mass is 16.6. The van der Waals surface area contributed by atoms with Gasteiger partial charge in [0.15, 0.2) is 0 Å². The molecule has 1 N–H and O–H groups in total. The van der Waals surface area contributed by atoms with Gasteiger partial charge in [0.2, 0.25) is 0 Å². The zero-order valence-corrected chi connectivity index (χ0v) is 10.4. The first-order chi connectivity index (χ1) is 9.13. The average molecular weight is 261 g/mol. The second-order valence-corrected chi connectivity index (χ2v) is 4.32. The van der Waals surface area contributed by atoms with Crippen LogP contribution < -0.4 is 0 Å². The number of carbonyl (C=O) groups excluding carboxylic acids is 1. The minimum atomic E-state index is -1.02. The summed E-state index contributed by atoms with van der Waals surface area (Å²) in [5.41, 5.74) is 1.92. The molecule has 1 aromatic carbocycles. The topological polar surface area (TPSA) is 66.8 Å². The SMILES string of the molecule is C=CCOC(=O)N1Cc2ccccc2C[C@H]1C(=O)O. The van der Waals surface area contributed by atoms with Crippen molar-refractivity contribution in [2.24, 2.45) is 0 Å². The quantitative estimate of drug-likeness (QED) is 0.843. The molecule has 5 nitrogen and oxygen atoms in total. The standard InChI is InChI=1S/C14H15NO4/c1-2-7-19-14(18)15-9-11-6-4-3-5-10(11)8-12(15)13(16)17/h2-6,12H,1,7-9H2,(H,16,17)/t12-/m0/s1. The van der Waals surface area contributed by atoms with Crippen LogP contribution in [0.25, 0.3) is 0 Å². The third-order valence-corrected chi connectivity index (χ3v) is 3.09. The minimum Gasteiger partial charge on any atom is -0.480 e. The molecule has 2 rings (SSSR count). The Morgan fingerprint density at radius 1 is 1.42 bits per heavy atom. The van der Waals surface area contributed by atoms with Gasteiger partial charge in [0, 0.05) is 6.42 Å². The normalized spacial score (nSPS) is 17.5. The Kier molecular flexibility index (Phi) is 3.85. The molecular weight excluding hydrogens is 246 g/mol. The average Bonchev–Trinajstić information content (AvgIpc) is 2.43. The van der Waals surface area contributed by atoms with Gasteiger partial charge in [-0.05, 0) is 11.1 Å². The summed E-state index contributed by atoms with van der Waals surface area (Å²) in [7, 11) is 0. The molecule has 1 heterocycles. The molecular formula is C14H15NO4. The molecule has 0 bridgehead atoms. The van der Waals surface area contributed by atoms with Crippen molar-refractivity contribution in [3.05, 3.63) is 48.0 Å². The molecule has 1 aliphatic heterocycles. The summed E-state index contributed by atoms with van der Waals surface area (Å²) in [6.07, 6.45) is 1.13. The molecule has 1 amide bonds. The van der Waals surface area contributed by atoms with Crippen LogP contribution in [0.1, 0.15) is 11.1 Å². The Hall–Kier alpha value is -2.30. The summed E-state index contributed by atoms with van der Waals surface area (Å²) >= 11 is 0. The van der Waals surface area contributed by atoms with E-state index in [-0.39, 0.29) is 13.2 Å². The molecule has 1 aliphatic rings. The van der Waals surface area contributed by atoms with Crippen LogP contribution >= 0.6 is 0 Å². The third kappa shape index (κ3) is 2.76. The van der Waals surface area contributed by atoms with Gasteiger partial charge in [0.25, 0.3) is 0 Å². The fourth-order valence-electron chi connectivity index (χ4n) is 2.15. The van der Waals surface area contributed by atoms with Crippen molar-refractivity contribution >= 4 is 12.1 Å². The highest BCUT2D eigenvalue weighted by Gasteiger charge is 2.35. The van der Waals surface area contributed by atoms with Crippen molar-refractivity contribution in [2.75, 3.05) is 6.61 Å². The van der Waals surface area contributed by atoms with Crippen LogP contribution in [0, 0.1) is 0 Å². The van der Waals surface area contributed by atoms with Crippen molar-refractivity contribution < 1.29 is 19.4 Å². The molecule has 0 aromatic heterocycles. The summed E-state index contributed by atoms with van der Waals surface area (Å²) in [6.45, 7) is 3.78. The summed E-state index contributed by atoms with van der Waals surface area (Å²) in [5.74, 6) is -1.02. The van der Waals surface area contributed by atoms with E-state index in [1.807, 2.05) is 24.3 Å². The number of carboxylic acids is 1. The number of ether oxygens (including phenoxy) is 1. The molecule has 19 heavy (non-hydrogen) atoms. The largest absolute Gasteiger partial charge is 0.480 e. The second-order valence-electron chi connectivity index (χ2n) is 4.32. The van der Waals surface area contributed by atoms with Crippen molar-refractivity contribution in [3.8, 4) is 0 Å². The molecule has 0 spiro atoms. The number of aliphatic carboxylic acids is 1. The number of benzene rings is 1. The van der Waals surface area contributed by atoms with Gasteiger partial charge in [-0.25, -0.2) is 9.59 Å². The fourth-order valence-corrected chi connectivity index (χ4v) is 2.15. The Labute approximate surface area is 111 Å². The maximum Gasteiger partial charge on any atom is 0.411 e. The minimum absolute atomic E-state index is 0.0727. The number of carboxylic acid groups (broad SMARTS) is 1. The second kappa shape index (κ2) is 5.56. The smallest absolute Gasteiger partial charge is 0.411 e. The lowest BCUT2D eigenvalue weighted by atomic mass is 9.94. The number of amides is 1. The van der Waals surface area contributed by atoms with E-state index in [2.05, 4.69) is 6.58 Å². The van der Waals surface area contributed by atoms with Gasteiger partial charge in [0.1, 0.15) is 12.6 Å². The third-order valence-electron chi connectivity index (χ3n) is 3.09. The first kappa shape index (κ1) is 13.1. The Balaban J connectivity index is 2.23. The first-order valence-electron chi connectivity index (χ1n) is 5.97. The van der Waals surface area contributed by atoms with Crippen LogP contribution in [0.15, 0.2) is 36.9 Å². The van der Waals surface area contributed by atoms with E-state index >= 15 is 0 Å². The van der Waals surface area contributed by atoms with Crippen molar-refractivity contribution in [1.29, 1.82) is 0 Å². The van der Waals surface area contributed by atoms with E-state index in [0.29, 0.717) is 6.42 Å². The van der Waals surface area contributed by atoms with Crippen molar-refractivity contribution in [1.82, 2.24) is 4.90 Å². The van der Waals surface area contributed by atoms with Gasteiger partial charge in [-0.3, -0.25) is 4.90 Å². The Morgan fingerprint density at radius 3 is 2.74 bits per heavy atom. The molecule has 100 valence electrons. The maximum atomic E-state index is 11.9.